The van der Waals surface area contributed by atoms with E-state index < -0.39 is 11.9 Å². The molecule has 0 saturated carbocycles. The van der Waals surface area contributed by atoms with Crippen LogP contribution >= 0.6 is 0 Å². The Kier molecular flexibility index (Phi) is 5.44. The molecule has 0 atom stereocenters. The molecule has 2 aromatic carbocycles. The van der Waals surface area contributed by atoms with Crippen LogP contribution in [-0.2, 0) is 9.53 Å². The summed E-state index contributed by atoms with van der Waals surface area (Å²) in [6.45, 7) is 3.81. The summed E-state index contributed by atoms with van der Waals surface area (Å²) in [4.78, 5) is 38.9. The van der Waals surface area contributed by atoms with Crippen LogP contribution in [0.15, 0.2) is 42.5 Å². The zero-order valence-electron chi connectivity index (χ0n) is 15.9. The normalized spacial score (nSPS) is 10.5. The van der Waals surface area contributed by atoms with E-state index in [0.29, 0.717) is 16.8 Å². The topological polar surface area (TPSA) is 100 Å². The monoisotopic (exact) mass is 379 g/mol. The lowest BCUT2D eigenvalue weighted by Crippen LogP contribution is -2.30. The molecule has 3 aromatic rings. The Morgan fingerprint density at radius 2 is 1.64 bits per heavy atom. The maximum absolute atomic E-state index is 12.6. The standard InChI is InChI=1S/C21H21N3O4/c1-12-13(2)23-18-9-6-15(10-17(12)18)21(27)24-16-7-4-14(5-8-16)20(26)22-11-19(25)28-3/h4-10,23H,11H2,1-3H3,(H,22,26)(H,24,27). The maximum Gasteiger partial charge on any atom is 0.325 e. The van der Waals surface area contributed by atoms with Gasteiger partial charge < -0.3 is 20.4 Å². The van der Waals surface area contributed by atoms with Gasteiger partial charge in [0, 0.05) is 33.4 Å². The van der Waals surface area contributed by atoms with Crippen LogP contribution in [0.3, 0.4) is 0 Å². The number of benzene rings is 2. The van der Waals surface area contributed by atoms with Gasteiger partial charge >= 0.3 is 5.97 Å². The summed E-state index contributed by atoms with van der Waals surface area (Å²) < 4.78 is 4.47. The fourth-order valence-electron chi connectivity index (χ4n) is 2.84. The predicted molar refractivity (Wildman–Crippen MR) is 107 cm³/mol. The average Bonchev–Trinajstić information content (AvgIpc) is 2.99. The van der Waals surface area contributed by atoms with Gasteiger partial charge in [0.2, 0.25) is 0 Å². The van der Waals surface area contributed by atoms with Gasteiger partial charge in [0.1, 0.15) is 6.54 Å². The van der Waals surface area contributed by atoms with Crippen LogP contribution in [0.1, 0.15) is 32.0 Å². The number of methoxy groups -OCH3 is 1. The number of amides is 2. The Hall–Kier alpha value is -3.61. The average molecular weight is 379 g/mol. The molecule has 0 aliphatic carbocycles. The molecule has 3 N–H and O–H groups in total. The lowest BCUT2D eigenvalue weighted by molar-refractivity contribution is -0.139. The maximum atomic E-state index is 12.6. The van der Waals surface area contributed by atoms with Gasteiger partial charge in [-0.3, -0.25) is 14.4 Å². The van der Waals surface area contributed by atoms with Gasteiger partial charge in [-0.1, -0.05) is 0 Å². The van der Waals surface area contributed by atoms with Crippen molar-refractivity contribution in [1.82, 2.24) is 10.3 Å². The molecule has 1 aromatic heterocycles. The van der Waals surface area contributed by atoms with Crippen LogP contribution in [0.25, 0.3) is 10.9 Å². The molecule has 7 nitrogen and oxygen atoms in total. The number of aryl methyl sites for hydroxylation is 2. The highest BCUT2D eigenvalue weighted by molar-refractivity contribution is 6.07. The lowest BCUT2D eigenvalue weighted by atomic mass is 10.1. The summed E-state index contributed by atoms with van der Waals surface area (Å²) in [7, 11) is 1.25. The van der Waals surface area contributed by atoms with Crippen molar-refractivity contribution in [2.75, 3.05) is 19.0 Å². The number of H-pyrrole nitrogens is 1. The third kappa shape index (κ3) is 4.03. The van der Waals surface area contributed by atoms with Crippen molar-refractivity contribution in [2.45, 2.75) is 13.8 Å². The van der Waals surface area contributed by atoms with Crippen molar-refractivity contribution >= 4 is 34.4 Å². The predicted octanol–water partition coefficient (Wildman–Crippen LogP) is 2.94. The first-order chi connectivity index (χ1) is 13.4. The quantitative estimate of drug-likeness (QED) is 0.593. The van der Waals surface area contributed by atoms with E-state index in [0.717, 1.165) is 22.2 Å². The Morgan fingerprint density at radius 1 is 0.964 bits per heavy atom. The van der Waals surface area contributed by atoms with Crippen LogP contribution in [0.5, 0.6) is 0 Å². The summed E-state index contributed by atoms with van der Waals surface area (Å²) in [5.74, 6) is -1.16. The summed E-state index contributed by atoms with van der Waals surface area (Å²) in [6.07, 6.45) is 0. The molecule has 0 aliphatic rings. The fourth-order valence-corrected chi connectivity index (χ4v) is 2.84. The second kappa shape index (κ2) is 7.96. The smallest absolute Gasteiger partial charge is 0.325 e. The molecule has 0 bridgehead atoms. The first-order valence-electron chi connectivity index (χ1n) is 8.74. The van der Waals surface area contributed by atoms with Crippen LogP contribution < -0.4 is 10.6 Å². The number of anilines is 1. The molecular formula is C21H21N3O4. The van der Waals surface area contributed by atoms with Crippen LogP contribution in [-0.4, -0.2) is 36.4 Å². The molecule has 28 heavy (non-hydrogen) atoms. The number of aromatic amines is 1. The van der Waals surface area contributed by atoms with Crippen LogP contribution in [0, 0.1) is 13.8 Å². The van der Waals surface area contributed by atoms with E-state index >= 15 is 0 Å². The van der Waals surface area contributed by atoms with Crippen molar-refractivity contribution in [3.05, 3.63) is 64.8 Å². The number of fused-ring (bicyclic) bond motifs is 1. The number of hydrogen-bond acceptors (Lipinski definition) is 4. The van der Waals surface area contributed by atoms with E-state index in [1.54, 1.807) is 30.3 Å². The molecule has 1 heterocycles. The second-order valence-electron chi connectivity index (χ2n) is 6.43. The Balaban J connectivity index is 1.68. The molecule has 0 aliphatic heterocycles. The summed E-state index contributed by atoms with van der Waals surface area (Å²) in [5, 5.41) is 6.29. The number of esters is 1. The van der Waals surface area contributed by atoms with Crippen molar-refractivity contribution in [3.63, 3.8) is 0 Å². The highest BCUT2D eigenvalue weighted by Gasteiger charge is 2.12. The molecular weight excluding hydrogens is 358 g/mol. The first kappa shape index (κ1) is 19.2. The van der Waals surface area contributed by atoms with E-state index in [9.17, 15) is 14.4 Å². The molecule has 0 fully saturated rings. The van der Waals surface area contributed by atoms with E-state index in [1.165, 1.54) is 7.11 Å². The Labute approximate surface area is 162 Å². The first-order valence-corrected chi connectivity index (χ1v) is 8.74. The number of rotatable bonds is 5. The minimum absolute atomic E-state index is 0.200. The number of aromatic nitrogens is 1. The molecule has 7 heteroatoms. The Morgan fingerprint density at radius 3 is 2.32 bits per heavy atom. The van der Waals surface area contributed by atoms with Gasteiger partial charge in [0.05, 0.1) is 7.11 Å². The minimum atomic E-state index is -0.526. The van der Waals surface area contributed by atoms with E-state index in [-0.39, 0.29) is 12.5 Å². The highest BCUT2D eigenvalue weighted by atomic mass is 16.5. The van der Waals surface area contributed by atoms with Crippen molar-refractivity contribution in [3.8, 4) is 0 Å². The van der Waals surface area contributed by atoms with Crippen LogP contribution in [0.4, 0.5) is 5.69 Å². The molecule has 0 spiro atoms. The van der Waals surface area contributed by atoms with Gasteiger partial charge in [-0.2, -0.15) is 0 Å². The molecule has 3 rings (SSSR count). The van der Waals surface area contributed by atoms with Gasteiger partial charge in [-0.05, 0) is 61.9 Å². The summed E-state index contributed by atoms with van der Waals surface area (Å²) >= 11 is 0. The van der Waals surface area contributed by atoms with E-state index in [1.807, 2.05) is 26.0 Å². The number of nitrogens with one attached hydrogen (secondary N) is 3. The molecule has 2 amide bonds. The number of carbonyl (C=O) groups excluding carboxylic acids is 3. The van der Waals surface area contributed by atoms with E-state index in [2.05, 4.69) is 20.4 Å². The third-order valence-electron chi connectivity index (χ3n) is 4.60. The van der Waals surface area contributed by atoms with Crippen molar-refractivity contribution in [2.24, 2.45) is 0 Å². The second-order valence-corrected chi connectivity index (χ2v) is 6.43. The molecule has 0 saturated heterocycles. The van der Waals surface area contributed by atoms with Gasteiger partial charge in [-0.15, -0.1) is 0 Å². The minimum Gasteiger partial charge on any atom is -0.468 e. The highest BCUT2D eigenvalue weighted by Crippen LogP contribution is 2.23. The van der Waals surface area contributed by atoms with Gasteiger partial charge in [0.15, 0.2) is 0 Å². The lowest BCUT2D eigenvalue weighted by Gasteiger charge is -2.08. The Bertz CT molecular complexity index is 1050. The summed E-state index contributed by atoms with van der Waals surface area (Å²) in [5.41, 5.74) is 4.68. The molecule has 0 unspecified atom stereocenters. The van der Waals surface area contributed by atoms with Crippen molar-refractivity contribution < 1.29 is 19.1 Å². The van der Waals surface area contributed by atoms with Crippen molar-refractivity contribution in [1.29, 1.82) is 0 Å². The van der Waals surface area contributed by atoms with Crippen LogP contribution in [0.2, 0.25) is 0 Å². The largest absolute Gasteiger partial charge is 0.468 e. The number of ether oxygens (including phenoxy) is 1. The zero-order chi connectivity index (χ0) is 20.3. The summed E-state index contributed by atoms with van der Waals surface area (Å²) in [6, 6.07) is 11.9. The zero-order valence-corrected chi connectivity index (χ0v) is 15.9. The molecule has 144 valence electrons. The van der Waals surface area contributed by atoms with Gasteiger partial charge in [-0.25, -0.2) is 0 Å². The molecule has 0 radical (unpaired) electrons. The number of hydrogen-bond donors (Lipinski definition) is 3. The fraction of sp³-hybridized carbons (Fsp3) is 0.190. The SMILES string of the molecule is COC(=O)CNC(=O)c1ccc(NC(=O)c2ccc3[nH]c(C)c(C)c3c2)cc1. The number of carbonyl (C=O) groups is 3. The third-order valence-corrected chi connectivity index (χ3v) is 4.60. The van der Waals surface area contributed by atoms with Gasteiger partial charge in [0.25, 0.3) is 11.8 Å². The van der Waals surface area contributed by atoms with E-state index in [4.69, 9.17) is 0 Å².